The van der Waals surface area contributed by atoms with Crippen LogP contribution in [-0.2, 0) is 7.05 Å². The third-order valence-corrected chi connectivity index (χ3v) is 2.18. The summed E-state index contributed by atoms with van der Waals surface area (Å²) < 4.78 is 2.45. The molecule has 0 saturated carbocycles. The first kappa shape index (κ1) is 8.33. The van der Waals surface area contributed by atoms with E-state index >= 15 is 0 Å². The number of hydrogen-bond donors (Lipinski definition) is 2. The Kier molecular flexibility index (Phi) is 2.04. The molecular formula is C7H13N3S. The van der Waals surface area contributed by atoms with Crippen LogP contribution in [-0.4, -0.2) is 9.78 Å². The van der Waals surface area contributed by atoms with Crippen LogP contribution >= 0.6 is 12.2 Å². The fourth-order valence-corrected chi connectivity index (χ4v) is 1.18. The highest BCUT2D eigenvalue weighted by Crippen LogP contribution is 2.20. The van der Waals surface area contributed by atoms with Gasteiger partial charge in [0, 0.05) is 7.05 Å². The summed E-state index contributed by atoms with van der Waals surface area (Å²) in [5.41, 5.74) is 7.48. The molecule has 0 aromatic carbocycles. The second-order valence-electron chi connectivity index (χ2n) is 2.96. The van der Waals surface area contributed by atoms with E-state index in [1.807, 2.05) is 7.05 Å². The van der Waals surface area contributed by atoms with Crippen molar-refractivity contribution in [3.05, 3.63) is 10.3 Å². The molecule has 1 aromatic rings. The number of hydrogen-bond acceptors (Lipinski definition) is 2. The molecule has 4 heteroatoms. The Morgan fingerprint density at radius 2 is 2.09 bits per heavy atom. The number of nitrogens with two attached hydrogens (primary N) is 1. The minimum Gasteiger partial charge on any atom is -0.395 e. The maximum atomic E-state index is 5.75. The lowest BCUT2D eigenvalue weighted by molar-refractivity contribution is 0.707. The summed E-state index contributed by atoms with van der Waals surface area (Å²) in [6.07, 6.45) is 0. The predicted molar refractivity (Wildman–Crippen MR) is 49.1 cm³/mol. The first-order chi connectivity index (χ1) is 5.04. The zero-order chi connectivity index (χ0) is 8.59. The van der Waals surface area contributed by atoms with Crippen LogP contribution in [0.2, 0.25) is 0 Å². The van der Waals surface area contributed by atoms with E-state index in [2.05, 4.69) is 18.9 Å². The average molecular weight is 171 g/mol. The Morgan fingerprint density at radius 3 is 2.27 bits per heavy atom. The van der Waals surface area contributed by atoms with Gasteiger partial charge in [0.15, 0.2) is 0 Å². The van der Waals surface area contributed by atoms with E-state index in [1.165, 1.54) is 0 Å². The van der Waals surface area contributed by atoms with E-state index in [-0.39, 0.29) is 0 Å². The van der Waals surface area contributed by atoms with Crippen molar-refractivity contribution >= 4 is 17.9 Å². The smallest absolute Gasteiger partial charge is 0.145 e. The van der Waals surface area contributed by atoms with Gasteiger partial charge in [-0.05, 0) is 5.92 Å². The van der Waals surface area contributed by atoms with Crippen molar-refractivity contribution in [2.45, 2.75) is 19.8 Å². The minimum absolute atomic E-state index is 0.401. The van der Waals surface area contributed by atoms with Crippen molar-refractivity contribution < 1.29 is 0 Å². The molecule has 1 heterocycles. The van der Waals surface area contributed by atoms with Gasteiger partial charge in [0.1, 0.15) is 4.64 Å². The highest BCUT2D eigenvalue weighted by atomic mass is 32.1. The molecule has 11 heavy (non-hydrogen) atoms. The molecular weight excluding hydrogens is 158 g/mol. The van der Waals surface area contributed by atoms with E-state index in [9.17, 15) is 0 Å². The number of nitrogens with zero attached hydrogens (tertiary/aromatic N) is 1. The summed E-state index contributed by atoms with van der Waals surface area (Å²) in [4.78, 5) is 0. The maximum absolute atomic E-state index is 5.75. The lowest BCUT2D eigenvalue weighted by atomic mass is 10.1. The van der Waals surface area contributed by atoms with Gasteiger partial charge in [-0.1, -0.05) is 26.1 Å². The molecule has 3 nitrogen and oxygen atoms in total. The SMILES string of the molecule is CC(C)c1[nH]n(C)c(=S)c1N. The number of nitrogens with one attached hydrogen (secondary N) is 1. The van der Waals surface area contributed by atoms with Gasteiger partial charge in [0.2, 0.25) is 0 Å². The van der Waals surface area contributed by atoms with Crippen LogP contribution in [0.3, 0.4) is 0 Å². The molecule has 0 spiro atoms. The molecule has 3 N–H and O–H groups in total. The quantitative estimate of drug-likeness (QED) is 0.633. The largest absolute Gasteiger partial charge is 0.395 e. The molecule has 0 saturated heterocycles. The summed E-state index contributed by atoms with van der Waals surface area (Å²) in [5.74, 6) is 0.401. The third kappa shape index (κ3) is 1.30. The maximum Gasteiger partial charge on any atom is 0.145 e. The number of nitrogen functional groups attached to an aromatic ring is 1. The van der Waals surface area contributed by atoms with Gasteiger partial charge in [0.25, 0.3) is 0 Å². The van der Waals surface area contributed by atoms with Crippen LogP contribution in [0, 0.1) is 4.64 Å². The van der Waals surface area contributed by atoms with Crippen molar-refractivity contribution in [1.29, 1.82) is 0 Å². The van der Waals surface area contributed by atoms with E-state index in [0.717, 1.165) is 5.69 Å². The molecule has 0 radical (unpaired) electrons. The molecule has 1 aromatic heterocycles. The van der Waals surface area contributed by atoms with Gasteiger partial charge in [-0.2, -0.15) is 0 Å². The zero-order valence-corrected chi connectivity index (χ0v) is 7.83. The van der Waals surface area contributed by atoms with Crippen LogP contribution in [0.25, 0.3) is 0 Å². The molecule has 0 fully saturated rings. The summed E-state index contributed by atoms with van der Waals surface area (Å²) in [6.45, 7) is 4.16. The molecule has 1 rings (SSSR count). The van der Waals surface area contributed by atoms with Crippen molar-refractivity contribution in [3.8, 4) is 0 Å². The third-order valence-electron chi connectivity index (χ3n) is 1.69. The van der Waals surface area contributed by atoms with Crippen LogP contribution in [0.5, 0.6) is 0 Å². The summed E-state index contributed by atoms with van der Waals surface area (Å²) in [5, 5.41) is 3.10. The van der Waals surface area contributed by atoms with E-state index < -0.39 is 0 Å². The average Bonchev–Trinajstić information content (AvgIpc) is 2.17. The Hall–Kier alpha value is -0.770. The number of H-pyrrole nitrogens is 1. The first-order valence-electron chi connectivity index (χ1n) is 3.58. The van der Waals surface area contributed by atoms with E-state index in [4.69, 9.17) is 18.0 Å². The first-order valence-corrected chi connectivity index (χ1v) is 3.99. The summed E-state index contributed by atoms with van der Waals surface area (Å²) >= 11 is 5.04. The van der Waals surface area contributed by atoms with Crippen LogP contribution < -0.4 is 5.73 Å². The number of rotatable bonds is 1. The van der Waals surface area contributed by atoms with Crippen molar-refractivity contribution in [2.75, 3.05) is 5.73 Å². The fourth-order valence-electron chi connectivity index (χ4n) is 1.03. The molecule has 0 bridgehead atoms. The Balaban J connectivity index is 3.30. The van der Waals surface area contributed by atoms with E-state index in [0.29, 0.717) is 16.2 Å². The lowest BCUT2D eigenvalue weighted by Crippen LogP contribution is -1.94. The van der Waals surface area contributed by atoms with Crippen LogP contribution in [0.1, 0.15) is 25.5 Å². The molecule has 0 amide bonds. The summed E-state index contributed by atoms with van der Waals surface area (Å²) in [6, 6.07) is 0. The Morgan fingerprint density at radius 1 is 1.55 bits per heavy atom. The molecule has 0 aliphatic rings. The standard InChI is InChI=1S/C7H13N3S/c1-4(2)6-5(8)7(11)10(3)9-6/h4,9H,8H2,1-3H3. The molecule has 62 valence electrons. The van der Waals surface area contributed by atoms with Crippen molar-refractivity contribution in [2.24, 2.45) is 7.05 Å². The monoisotopic (exact) mass is 171 g/mol. The highest BCUT2D eigenvalue weighted by Gasteiger charge is 2.08. The molecule has 0 aliphatic heterocycles. The topological polar surface area (TPSA) is 46.7 Å². The number of aromatic nitrogens is 2. The normalized spacial score (nSPS) is 10.9. The number of aryl methyl sites for hydroxylation is 1. The number of aromatic amines is 1. The Labute approximate surface area is 71.2 Å². The zero-order valence-electron chi connectivity index (χ0n) is 7.01. The molecule has 0 unspecified atom stereocenters. The van der Waals surface area contributed by atoms with Gasteiger partial charge >= 0.3 is 0 Å². The molecule has 0 aliphatic carbocycles. The second-order valence-corrected chi connectivity index (χ2v) is 3.34. The van der Waals surface area contributed by atoms with Gasteiger partial charge in [0.05, 0.1) is 11.4 Å². The minimum atomic E-state index is 0.401. The van der Waals surface area contributed by atoms with Gasteiger partial charge < -0.3 is 5.73 Å². The van der Waals surface area contributed by atoms with Crippen LogP contribution in [0.15, 0.2) is 0 Å². The van der Waals surface area contributed by atoms with Gasteiger partial charge in [-0.3, -0.25) is 9.78 Å². The highest BCUT2D eigenvalue weighted by molar-refractivity contribution is 7.71. The lowest BCUT2D eigenvalue weighted by Gasteiger charge is -2.00. The predicted octanol–water partition coefficient (Wildman–Crippen LogP) is 1.79. The summed E-state index contributed by atoms with van der Waals surface area (Å²) in [7, 11) is 1.87. The van der Waals surface area contributed by atoms with Gasteiger partial charge in [-0.25, -0.2) is 0 Å². The van der Waals surface area contributed by atoms with Crippen molar-refractivity contribution in [3.63, 3.8) is 0 Å². The molecule has 0 atom stereocenters. The fraction of sp³-hybridized carbons (Fsp3) is 0.571. The van der Waals surface area contributed by atoms with E-state index in [1.54, 1.807) is 4.68 Å². The van der Waals surface area contributed by atoms with Crippen LogP contribution in [0.4, 0.5) is 5.69 Å². The Bertz CT molecular complexity index is 308. The number of anilines is 1. The second kappa shape index (κ2) is 2.70. The van der Waals surface area contributed by atoms with Gasteiger partial charge in [-0.15, -0.1) is 0 Å². The van der Waals surface area contributed by atoms with Crippen molar-refractivity contribution in [1.82, 2.24) is 9.78 Å².